The van der Waals surface area contributed by atoms with Crippen LogP contribution in [0.5, 0.6) is 0 Å². The lowest BCUT2D eigenvalue weighted by molar-refractivity contribution is 0.100. The van der Waals surface area contributed by atoms with Crippen LogP contribution in [0.25, 0.3) is 0 Å². The number of nitrogens with zero attached hydrogens (tertiary/aromatic N) is 4. The minimum Gasteiger partial charge on any atom is -0.369 e. The Hall–Kier alpha value is -2.92. The van der Waals surface area contributed by atoms with Gasteiger partial charge in [-0.2, -0.15) is 9.29 Å². The number of piperazine rings is 1. The van der Waals surface area contributed by atoms with Crippen LogP contribution in [0.2, 0.25) is 0 Å². The van der Waals surface area contributed by atoms with Crippen molar-refractivity contribution in [3.8, 4) is 0 Å². The van der Waals surface area contributed by atoms with Crippen molar-refractivity contribution in [3.63, 3.8) is 0 Å². The van der Waals surface area contributed by atoms with Crippen LogP contribution in [0.3, 0.4) is 0 Å². The molecule has 1 aliphatic carbocycles. The quantitative estimate of drug-likeness (QED) is 0.543. The molecular weight excluding hydrogens is 430 g/mol. The molecule has 0 unspecified atom stereocenters. The summed E-state index contributed by atoms with van der Waals surface area (Å²) in [6, 6.07) is 6.29. The predicted octanol–water partition coefficient (Wildman–Crippen LogP) is 1.67. The molecule has 2 fully saturated rings. The lowest BCUT2D eigenvalue weighted by Gasteiger charge is -2.36. The fourth-order valence-corrected chi connectivity index (χ4v) is 4.85. The molecule has 11 heteroatoms. The van der Waals surface area contributed by atoms with Gasteiger partial charge in [0.15, 0.2) is 0 Å². The molecule has 2 aliphatic rings. The fourth-order valence-electron chi connectivity index (χ4n) is 3.76. The number of hydrogen-bond acceptors (Lipinski definition) is 8. The lowest BCUT2D eigenvalue weighted by atomic mass is 10.1. The first kappa shape index (κ1) is 22.3. The highest BCUT2D eigenvalue weighted by Gasteiger charge is 2.26. The number of carbonyl (C=O) groups is 1. The molecule has 1 aliphatic heterocycles. The highest BCUT2D eigenvalue weighted by Crippen LogP contribution is 2.28. The molecule has 1 aromatic carbocycles. The molecule has 172 valence electrons. The summed E-state index contributed by atoms with van der Waals surface area (Å²) in [4.78, 5) is 22.5. The van der Waals surface area contributed by atoms with Gasteiger partial charge in [0.05, 0.1) is 11.3 Å². The summed E-state index contributed by atoms with van der Waals surface area (Å²) in [5.74, 6) is 0.397. The molecule has 0 bridgehead atoms. The number of hydrogen-bond donors (Lipinski definition) is 3. The van der Waals surface area contributed by atoms with Crippen LogP contribution in [0.15, 0.2) is 24.4 Å². The molecule has 0 atom stereocenters. The van der Waals surface area contributed by atoms with Gasteiger partial charge < -0.3 is 21.3 Å². The standard InChI is InChI=1S/C21H29N7O3S/c1-3-32(30,31)28-10-8-27(9-11-28)18-7-6-16(12-14(18)2)25-21-23-13-17(19(22)29)20(26-21)24-15-4-5-15/h6-7,12-13,15H,3-5,8-11H2,1-2H3,(H2,22,29)(H2,23,24,25,26). The summed E-state index contributed by atoms with van der Waals surface area (Å²) in [6.45, 7) is 5.99. The molecule has 10 nitrogen and oxygen atoms in total. The maximum atomic E-state index is 12.1. The van der Waals surface area contributed by atoms with Crippen LogP contribution in [0.4, 0.5) is 23.1 Å². The van der Waals surface area contributed by atoms with Gasteiger partial charge in [-0.15, -0.1) is 0 Å². The fraction of sp³-hybridized carbons (Fsp3) is 0.476. The number of primary amides is 1. The van der Waals surface area contributed by atoms with E-state index >= 15 is 0 Å². The van der Waals surface area contributed by atoms with Crippen molar-refractivity contribution in [2.75, 3.05) is 47.5 Å². The van der Waals surface area contributed by atoms with Crippen LogP contribution in [-0.2, 0) is 10.0 Å². The average Bonchev–Trinajstić information content (AvgIpc) is 3.58. The van der Waals surface area contributed by atoms with Crippen molar-refractivity contribution in [3.05, 3.63) is 35.5 Å². The van der Waals surface area contributed by atoms with Gasteiger partial charge >= 0.3 is 0 Å². The monoisotopic (exact) mass is 459 g/mol. The van der Waals surface area contributed by atoms with Gasteiger partial charge in [-0.1, -0.05) is 0 Å². The third kappa shape index (κ3) is 4.94. The zero-order valence-corrected chi connectivity index (χ0v) is 19.2. The van der Waals surface area contributed by atoms with Crippen LogP contribution in [0, 0.1) is 6.92 Å². The smallest absolute Gasteiger partial charge is 0.254 e. The van der Waals surface area contributed by atoms with Crippen molar-refractivity contribution in [1.29, 1.82) is 0 Å². The van der Waals surface area contributed by atoms with Crippen molar-refractivity contribution in [1.82, 2.24) is 14.3 Å². The Balaban J connectivity index is 1.45. The van der Waals surface area contributed by atoms with Crippen LogP contribution in [-0.4, -0.2) is 66.6 Å². The number of aryl methyl sites for hydroxylation is 1. The number of nitrogens with two attached hydrogens (primary N) is 1. The van der Waals surface area contributed by atoms with E-state index < -0.39 is 15.9 Å². The third-order valence-corrected chi connectivity index (χ3v) is 7.64. The summed E-state index contributed by atoms with van der Waals surface area (Å²) in [6.07, 6.45) is 3.53. The Kier molecular flexibility index (Phi) is 6.20. The predicted molar refractivity (Wildman–Crippen MR) is 125 cm³/mol. The maximum absolute atomic E-state index is 12.1. The van der Waals surface area contributed by atoms with E-state index in [9.17, 15) is 13.2 Å². The Morgan fingerprint density at radius 3 is 2.53 bits per heavy atom. The first-order valence-corrected chi connectivity index (χ1v) is 12.4. The number of benzene rings is 1. The van der Waals surface area contributed by atoms with E-state index in [2.05, 4.69) is 25.5 Å². The van der Waals surface area contributed by atoms with Crippen molar-refractivity contribution < 1.29 is 13.2 Å². The molecule has 1 saturated heterocycles. The molecule has 1 saturated carbocycles. The number of carbonyl (C=O) groups excluding carboxylic acids is 1. The first-order chi connectivity index (χ1) is 15.3. The van der Waals surface area contributed by atoms with E-state index in [1.54, 1.807) is 11.2 Å². The molecule has 2 heterocycles. The molecular formula is C21H29N7O3S. The second kappa shape index (κ2) is 8.91. The SMILES string of the molecule is CCS(=O)(=O)N1CCN(c2ccc(Nc3ncc(C(N)=O)c(NC4CC4)n3)cc2C)CC1. The van der Waals surface area contributed by atoms with E-state index in [0.717, 1.165) is 29.8 Å². The minimum absolute atomic E-state index is 0.132. The van der Waals surface area contributed by atoms with E-state index in [0.29, 0.717) is 44.0 Å². The van der Waals surface area contributed by atoms with Crippen molar-refractivity contribution in [2.45, 2.75) is 32.7 Å². The second-order valence-corrected chi connectivity index (χ2v) is 10.4. The average molecular weight is 460 g/mol. The number of amides is 1. The largest absolute Gasteiger partial charge is 0.369 e. The van der Waals surface area contributed by atoms with Crippen molar-refractivity contribution in [2.24, 2.45) is 5.73 Å². The van der Waals surface area contributed by atoms with Gasteiger partial charge in [-0.25, -0.2) is 13.4 Å². The highest BCUT2D eigenvalue weighted by molar-refractivity contribution is 7.89. The van der Waals surface area contributed by atoms with Gasteiger partial charge in [-0.3, -0.25) is 4.79 Å². The van der Waals surface area contributed by atoms with E-state index in [1.807, 2.05) is 25.1 Å². The Labute approximate surface area is 188 Å². The highest BCUT2D eigenvalue weighted by atomic mass is 32.2. The summed E-state index contributed by atoms with van der Waals surface area (Å²) in [5.41, 5.74) is 8.67. The summed E-state index contributed by atoms with van der Waals surface area (Å²) >= 11 is 0. The van der Waals surface area contributed by atoms with E-state index in [4.69, 9.17) is 5.73 Å². The summed E-state index contributed by atoms with van der Waals surface area (Å²) < 4.78 is 25.7. The van der Waals surface area contributed by atoms with Gasteiger partial charge in [0.25, 0.3) is 5.91 Å². The lowest BCUT2D eigenvalue weighted by Crippen LogP contribution is -2.49. The molecule has 4 N–H and O–H groups in total. The minimum atomic E-state index is -3.15. The van der Waals surface area contributed by atoms with Crippen molar-refractivity contribution >= 4 is 39.1 Å². The first-order valence-electron chi connectivity index (χ1n) is 10.8. The number of nitrogens with one attached hydrogen (secondary N) is 2. The van der Waals surface area contributed by atoms with E-state index in [-0.39, 0.29) is 11.3 Å². The summed E-state index contributed by atoms with van der Waals surface area (Å²) in [7, 11) is -3.15. The van der Waals surface area contributed by atoms with Crippen LogP contribution < -0.4 is 21.3 Å². The Morgan fingerprint density at radius 2 is 1.94 bits per heavy atom. The molecule has 32 heavy (non-hydrogen) atoms. The van der Waals surface area contributed by atoms with Crippen LogP contribution >= 0.6 is 0 Å². The topological polar surface area (TPSA) is 134 Å². The molecule has 0 radical (unpaired) electrons. The maximum Gasteiger partial charge on any atom is 0.254 e. The molecule has 2 aromatic rings. The van der Waals surface area contributed by atoms with E-state index in [1.165, 1.54) is 6.20 Å². The molecule has 4 rings (SSSR count). The van der Waals surface area contributed by atoms with Gasteiger partial charge in [0, 0.05) is 49.8 Å². The Bertz CT molecular complexity index is 1110. The van der Waals surface area contributed by atoms with Gasteiger partial charge in [0.2, 0.25) is 16.0 Å². The zero-order valence-electron chi connectivity index (χ0n) is 18.3. The number of anilines is 4. The van der Waals surface area contributed by atoms with Crippen LogP contribution in [0.1, 0.15) is 35.7 Å². The third-order valence-electron chi connectivity index (χ3n) is 5.76. The number of aromatic nitrogens is 2. The molecule has 1 amide bonds. The Morgan fingerprint density at radius 1 is 1.22 bits per heavy atom. The summed E-state index contributed by atoms with van der Waals surface area (Å²) in [5, 5.41) is 6.42. The number of sulfonamides is 1. The number of rotatable bonds is 8. The zero-order chi connectivity index (χ0) is 22.9. The van der Waals surface area contributed by atoms with Gasteiger partial charge in [0.1, 0.15) is 5.82 Å². The second-order valence-electron chi connectivity index (χ2n) is 8.15. The molecule has 1 aromatic heterocycles. The van der Waals surface area contributed by atoms with Gasteiger partial charge in [-0.05, 0) is 50.5 Å². The normalized spacial score (nSPS) is 17.2. The molecule has 0 spiro atoms.